The Labute approximate surface area is 152 Å². The molecule has 0 N–H and O–H groups in total. The normalized spacial score (nSPS) is 12.1. The molecule has 1 unspecified atom stereocenters. The lowest BCUT2D eigenvalue weighted by atomic mass is 10.0. The van der Waals surface area contributed by atoms with E-state index in [0.29, 0.717) is 21.5 Å². The molecular formula is C15H12Cl3IO2. The van der Waals surface area contributed by atoms with E-state index in [-0.39, 0.29) is 0 Å². The first-order valence-corrected chi connectivity index (χ1v) is 8.25. The zero-order valence-corrected chi connectivity index (χ0v) is 15.7. The maximum Gasteiger partial charge on any atom is 0.162 e. The zero-order valence-electron chi connectivity index (χ0n) is 11.3. The molecule has 2 aromatic rings. The van der Waals surface area contributed by atoms with Crippen molar-refractivity contribution in [1.29, 1.82) is 0 Å². The maximum atomic E-state index is 6.59. The first kappa shape index (κ1) is 17.0. The third-order valence-electron chi connectivity index (χ3n) is 3.01. The van der Waals surface area contributed by atoms with E-state index in [1.165, 1.54) is 0 Å². The van der Waals surface area contributed by atoms with Crippen LogP contribution in [0.1, 0.15) is 16.5 Å². The van der Waals surface area contributed by atoms with Crippen molar-refractivity contribution < 1.29 is 9.47 Å². The average molecular weight is 458 g/mol. The summed E-state index contributed by atoms with van der Waals surface area (Å²) in [5.74, 6) is 1.15. The van der Waals surface area contributed by atoms with E-state index in [2.05, 4.69) is 22.6 Å². The molecule has 2 rings (SSSR count). The first-order valence-electron chi connectivity index (χ1n) is 5.98. The maximum absolute atomic E-state index is 6.59. The topological polar surface area (TPSA) is 18.5 Å². The molecule has 0 amide bonds. The first-order chi connectivity index (χ1) is 9.97. The van der Waals surface area contributed by atoms with E-state index >= 15 is 0 Å². The summed E-state index contributed by atoms with van der Waals surface area (Å²) in [4.78, 5) is 0. The number of alkyl halides is 1. The molecule has 2 aromatic carbocycles. The highest BCUT2D eigenvalue weighted by atomic mass is 127. The lowest BCUT2D eigenvalue weighted by molar-refractivity contribution is 0.354. The van der Waals surface area contributed by atoms with Crippen LogP contribution in [0.4, 0.5) is 0 Å². The van der Waals surface area contributed by atoms with Gasteiger partial charge in [-0.1, -0.05) is 23.2 Å². The van der Waals surface area contributed by atoms with Gasteiger partial charge in [0.1, 0.15) is 0 Å². The van der Waals surface area contributed by atoms with Crippen LogP contribution in [-0.2, 0) is 0 Å². The molecular weight excluding hydrogens is 445 g/mol. The number of benzene rings is 2. The quantitative estimate of drug-likeness (QED) is 0.418. The van der Waals surface area contributed by atoms with E-state index in [4.69, 9.17) is 44.3 Å². The molecule has 0 aromatic heterocycles. The molecule has 0 bridgehead atoms. The predicted molar refractivity (Wildman–Crippen MR) is 96.4 cm³/mol. The van der Waals surface area contributed by atoms with Crippen LogP contribution in [0.3, 0.4) is 0 Å². The average Bonchev–Trinajstić information content (AvgIpc) is 2.48. The van der Waals surface area contributed by atoms with Crippen LogP contribution in [-0.4, -0.2) is 14.2 Å². The number of ether oxygens (including phenoxy) is 2. The molecule has 0 spiro atoms. The monoisotopic (exact) mass is 456 g/mol. The van der Waals surface area contributed by atoms with Gasteiger partial charge >= 0.3 is 0 Å². The van der Waals surface area contributed by atoms with Gasteiger partial charge in [-0.25, -0.2) is 0 Å². The second kappa shape index (κ2) is 7.27. The Morgan fingerprint density at radius 3 is 2.19 bits per heavy atom. The minimum atomic E-state index is -0.428. The largest absolute Gasteiger partial charge is 0.493 e. The molecule has 6 heteroatoms. The second-order valence-corrected chi connectivity index (χ2v) is 6.70. The van der Waals surface area contributed by atoms with Gasteiger partial charge in [-0.05, 0) is 58.0 Å². The summed E-state index contributed by atoms with van der Waals surface area (Å²) in [5.41, 5.74) is 1.65. The standard InChI is InChI=1S/C15H12Cl3IO2/c1-20-13-6-9(11(17)7-14(13)21-2)15(18)10-5-8(16)3-4-12(10)19/h3-7,15H,1-2H3. The summed E-state index contributed by atoms with van der Waals surface area (Å²) in [5, 5.41) is 0.721. The van der Waals surface area contributed by atoms with E-state index < -0.39 is 5.38 Å². The van der Waals surface area contributed by atoms with Crippen molar-refractivity contribution >= 4 is 57.4 Å². The molecule has 0 heterocycles. The summed E-state index contributed by atoms with van der Waals surface area (Å²) < 4.78 is 11.5. The van der Waals surface area contributed by atoms with E-state index in [9.17, 15) is 0 Å². The van der Waals surface area contributed by atoms with E-state index in [0.717, 1.165) is 14.7 Å². The second-order valence-electron chi connectivity index (χ2n) is 4.26. The van der Waals surface area contributed by atoms with Crippen molar-refractivity contribution in [3.63, 3.8) is 0 Å². The van der Waals surface area contributed by atoms with E-state index in [1.807, 2.05) is 18.2 Å². The Balaban J connectivity index is 2.52. The van der Waals surface area contributed by atoms with Gasteiger partial charge in [0, 0.05) is 19.7 Å². The Morgan fingerprint density at radius 2 is 1.57 bits per heavy atom. The van der Waals surface area contributed by atoms with Crippen molar-refractivity contribution in [2.45, 2.75) is 5.38 Å². The number of hydrogen-bond donors (Lipinski definition) is 0. The van der Waals surface area contributed by atoms with Crippen LogP contribution >= 0.6 is 57.4 Å². The van der Waals surface area contributed by atoms with Crippen molar-refractivity contribution in [1.82, 2.24) is 0 Å². The fraction of sp³-hybridized carbons (Fsp3) is 0.200. The summed E-state index contributed by atoms with van der Waals surface area (Å²) >= 11 is 21.2. The lowest BCUT2D eigenvalue weighted by Gasteiger charge is -2.17. The van der Waals surface area contributed by atoms with Crippen molar-refractivity contribution in [2.75, 3.05) is 14.2 Å². The molecule has 0 aliphatic rings. The Bertz CT molecular complexity index is 662. The van der Waals surface area contributed by atoms with Crippen LogP contribution in [0.2, 0.25) is 10.0 Å². The van der Waals surface area contributed by atoms with Gasteiger partial charge in [0.25, 0.3) is 0 Å². The van der Waals surface area contributed by atoms with Crippen LogP contribution in [0.5, 0.6) is 11.5 Å². The van der Waals surface area contributed by atoms with Gasteiger partial charge in [-0.15, -0.1) is 11.6 Å². The molecule has 0 saturated carbocycles. The van der Waals surface area contributed by atoms with Gasteiger partial charge < -0.3 is 9.47 Å². The molecule has 21 heavy (non-hydrogen) atoms. The number of hydrogen-bond acceptors (Lipinski definition) is 2. The minimum Gasteiger partial charge on any atom is -0.493 e. The third-order valence-corrected chi connectivity index (χ3v) is 5.02. The Morgan fingerprint density at radius 1 is 0.952 bits per heavy atom. The zero-order chi connectivity index (χ0) is 15.6. The molecule has 1 atom stereocenters. The SMILES string of the molecule is COc1cc(Cl)c(C(Cl)c2cc(Cl)ccc2I)cc1OC. The third kappa shape index (κ3) is 3.70. The van der Waals surface area contributed by atoms with Crippen molar-refractivity contribution in [3.05, 3.63) is 55.1 Å². The summed E-state index contributed by atoms with van der Waals surface area (Å²) in [6, 6.07) is 9.07. The van der Waals surface area contributed by atoms with Gasteiger partial charge in [0.2, 0.25) is 0 Å². The van der Waals surface area contributed by atoms with Gasteiger partial charge in [-0.2, -0.15) is 0 Å². The Kier molecular flexibility index (Phi) is 5.88. The molecule has 112 valence electrons. The highest BCUT2D eigenvalue weighted by Crippen LogP contribution is 2.41. The molecule has 2 nitrogen and oxygen atoms in total. The highest BCUT2D eigenvalue weighted by Gasteiger charge is 2.20. The van der Waals surface area contributed by atoms with Gasteiger partial charge in [0.05, 0.1) is 19.6 Å². The lowest BCUT2D eigenvalue weighted by Crippen LogP contribution is -2.00. The number of halogens is 4. The predicted octanol–water partition coefficient (Wildman–Crippen LogP) is 5.94. The van der Waals surface area contributed by atoms with Gasteiger partial charge in [-0.3, -0.25) is 0 Å². The molecule has 0 saturated heterocycles. The molecule has 0 aliphatic heterocycles. The van der Waals surface area contributed by atoms with Crippen LogP contribution < -0.4 is 9.47 Å². The van der Waals surface area contributed by atoms with Gasteiger partial charge in [0.15, 0.2) is 11.5 Å². The summed E-state index contributed by atoms with van der Waals surface area (Å²) in [6.45, 7) is 0. The fourth-order valence-electron chi connectivity index (χ4n) is 1.94. The Hall–Kier alpha value is -0.360. The van der Waals surface area contributed by atoms with E-state index in [1.54, 1.807) is 26.4 Å². The van der Waals surface area contributed by atoms with Crippen LogP contribution in [0, 0.1) is 3.57 Å². The molecule has 0 aliphatic carbocycles. The molecule has 0 radical (unpaired) electrons. The van der Waals surface area contributed by atoms with Crippen LogP contribution in [0.25, 0.3) is 0 Å². The summed E-state index contributed by atoms with van der Waals surface area (Å²) in [6.07, 6.45) is 0. The molecule has 0 fully saturated rings. The highest BCUT2D eigenvalue weighted by molar-refractivity contribution is 14.1. The number of methoxy groups -OCH3 is 2. The van der Waals surface area contributed by atoms with Crippen molar-refractivity contribution in [3.8, 4) is 11.5 Å². The smallest absolute Gasteiger partial charge is 0.162 e. The summed E-state index contributed by atoms with van der Waals surface area (Å²) in [7, 11) is 3.13. The van der Waals surface area contributed by atoms with Crippen LogP contribution in [0.15, 0.2) is 30.3 Å². The minimum absolute atomic E-state index is 0.428. The van der Waals surface area contributed by atoms with Crippen molar-refractivity contribution in [2.24, 2.45) is 0 Å². The fourth-order valence-corrected chi connectivity index (χ4v) is 3.63. The number of rotatable bonds is 4.